The molecule has 6 heteroatoms. The van der Waals surface area contributed by atoms with Gasteiger partial charge in [-0.05, 0) is 49.3 Å². The number of nitrogens with zero attached hydrogens (tertiary/aromatic N) is 2. The third-order valence-electron chi connectivity index (χ3n) is 6.13. The van der Waals surface area contributed by atoms with Gasteiger partial charge in [0.1, 0.15) is 12.6 Å². The molecule has 2 aromatic carbocycles. The summed E-state index contributed by atoms with van der Waals surface area (Å²) in [6.45, 7) is 4.20. The number of nitrogens with one attached hydrogen (secondary N) is 1. The fraction of sp³-hybridized carbons (Fsp3) is 0.375. The highest BCUT2D eigenvalue weighted by atomic mass is 16.2. The fourth-order valence-electron chi connectivity index (χ4n) is 4.09. The van der Waals surface area contributed by atoms with Crippen molar-refractivity contribution in [3.8, 4) is 0 Å². The first-order valence-corrected chi connectivity index (χ1v) is 10.5. The lowest BCUT2D eigenvalue weighted by Gasteiger charge is -2.30. The molecule has 1 aliphatic heterocycles. The summed E-state index contributed by atoms with van der Waals surface area (Å²) >= 11 is 0. The molecule has 1 saturated carbocycles. The summed E-state index contributed by atoms with van der Waals surface area (Å²) in [4.78, 5) is 41.6. The Morgan fingerprint density at radius 1 is 1.10 bits per heavy atom. The standard InChI is InChI=1S/C24H27N3O3/c1-16-8-6-7-11-20(16)22-23(29)27(24(30)25-22)15-21(28)26(17(2)19-12-13-19)14-18-9-4-3-5-10-18/h3-11,17,19,22H,12-15H2,1-2H3,(H,25,30)/t17-,22?/m0/s1. The largest absolute Gasteiger partial charge is 0.334 e. The Morgan fingerprint density at radius 3 is 2.43 bits per heavy atom. The summed E-state index contributed by atoms with van der Waals surface area (Å²) in [6.07, 6.45) is 2.22. The molecule has 6 nitrogen and oxygen atoms in total. The minimum absolute atomic E-state index is 0.0747. The van der Waals surface area contributed by atoms with Gasteiger partial charge >= 0.3 is 6.03 Å². The second-order valence-corrected chi connectivity index (χ2v) is 8.25. The van der Waals surface area contributed by atoms with Crippen LogP contribution >= 0.6 is 0 Å². The van der Waals surface area contributed by atoms with Crippen LogP contribution in [-0.2, 0) is 16.1 Å². The van der Waals surface area contributed by atoms with Crippen LogP contribution in [0, 0.1) is 12.8 Å². The maximum Gasteiger partial charge on any atom is 0.325 e. The molecular formula is C24H27N3O3. The van der Waals surface area contributed by atoms with Gasteiger partial charge in [-0.25, -0.2) is 4.79 Å². The van der Waals surface area contributed by atoms with Crippen molar-refractivity contribution in [1.82, 2.24) is 15.1 Å². The van der Waals surface area contributed by atoms with E-state index in [-0.39, 0.29) is 24.4 Å². The molecule has 0 aromatic heterocycles. The second-order valence-electron chi connectivity index (χ2n) is 8.25. The number of hydrogen-bond donors (Lipinski definition) is 1. The summed E-state index contributed by atoms with van der Waals surface area (Å²) in [6, 6.07) is 16.1. The average molecular weight is 405 g/mol. The number of hydrogen-bond acceptors (Lipinski definition) is 3. The van der Waals surface area contributed by atoms with Gasteiger partial charge < -0.3 is 10.2 Å². The van der Waals surface area contributed by atoms with Crippen LogP contribution in [0.25, 0.3) is 0 Å². The summed E-state index contributed by atoms with van der Waals surface area (Å²) in [5.41, 5.74) is 2.73. The molecule has 2 aliphatic rings. The molecule has 2 aromatic rings. The Morgan fingerprint density at radius 2 is 1.77 bits per heavy atom. The predicted molar refractivity (Wildman–Crippen MR) is 113 cm³/mol. The molecule has 0 spiro atoms. The molecule has 1 unspecified atom stereocenters. The zero-order valence-corrected chi connectivity index (χ0v) is 17.4. The van der Waals surface area contributed by atoms with E-state index in [1.165, 1.54) is 0 Å². The topological polar surface area (TPSA) is 69.7 Å². The lowest BCUT2D eigenvalue weighted by molar-refractivity contribution is -0.139. The zero-order valence-electron chi connectivity index (χ0n) is 17.4. The van der Waals surface area contributed by atoms with Crippen LogP contribution in [-0.4, -0.2) is 40.2 Å². The smallest absolute Gasteiger partial charge is 0.325 e. The average Bonchev–Trinajstić information content (AvgIpc) is 3.56. The SMILES string of the molecule is Cc1ccccc1C1NC(=O)N(CC(=O)N(Cc2ccccc2)[C@@H](C)C2CC2)C1=O. The van der Waals surface area contributed by atoms with Crippen LogP contribution in [0.2, 0.25) is 0 Å². The molecule has 2 fully saturated rings. The van der Waals surface area contributed by atoms with Crippen LogP contribution in [0.3, 0.4) is 0 Å². The summed E-state index contributed by atoms with van der Waals surface area (Å²) in [7, 11) is 0. The quantitative estimate of drug-likeness (QED) is 0.718. The van der Waals surface area contributed by atoms with Crippen molar-refractivity contribution >= 4 is 17.8 Å². The van der Waals surface area contributed by atoms with Gasteiger partial charge in [-0.3, -0.25) is 14.5 Å². The van der Waals surface area contributed by atoms with Gasteiger partial charge in [0.2, 0.25) is 5.91 Å². The third-order valence-corrected chi connectivity index (χ3v) is 6.13. The molecule has 1 aliphatic carbocycles. The van der Waals surface area contributed by atoms with E-state index in [4.69, 9.17) is 0 Å². The number of aryl methyl sites for hydroxylation is 1. The van der Waals surface area contributed by atoms with Crippen molar-refractivity contribution in [2.75, 3.05) is 6.54 Å². The minimum atomic E-state index is -0.741. The van der Waals surface area contributed by atoms with Gasteiger partial charge in [0.25, 0.3) is 5.91 Å². The molecule has 0 radical (unpaired) electrons. The number of urea groups is 1. The molecule has 4 rings (SSSR count). The number of benzene rings is 2. The Kier molecular flexibility index (Phi) is 5.57. The van der Waals surface area contributed by atoms with Crippen LogP contribution in [0.15, 0.2) is 54.6 Å². The Labute approximate surface area is 176 Å². The first kappa shape index (κ1) is 20.1. The highest BCUT2D eigenvalue weighted by molar-refractivity contribution is 6.07. The van der Waals surface area contributed by atoms with E-state index < -0.39 is 12.1 Å². The minimum Gasteiger partial charge on any atom is -0.334 e. The maximum atomic E-state index is 13.2. The van der Waals surface area contributed by atoms with Crippen LogP contribution in [0.1, 0.15) is 42.5 Å². The second kappa shape index (κ2) is 8.30. The lowest BCUT2D eigenvalue weighted by atomic mass is 10.0. The molecule has 1 heterocycles. The van der Waals surface area contributed by atoms with E-state index in [1.807, 2.05) is 66.4 Å². The van der Waals surface area contributed by atoms with E-state index >= 15 is 0 Å². The van der Waals surface area contributed by atoms with Crippen molar-refractivity contribution in [2.45, 2.75) is 45.3 Å². The van der Waals surface area contributed by atoms with E-state index in [1.54, 1.807) is 0 Å². The van der Waals surface area contributed by atoms with Gasteiger partial charge in [0.05, 0.1) is 0 Å². The Bertz CT molecular complexity index is 955. The monoisotopic (exact) mass is 405 g/mol. The highest BCUT2D eigenvalue weighted by Gasteiger charge is 2.42. The number of rotatable bonds is 7. The first-order chi connectivity index (χ1) is 14.5. The molecule has 30 heavy (non-hydrogen) atoms. The summed E-state index contributed by atoms with van der Waals surface area (Å²) in [5.74, 6) is -0.0888. The molecule has 0 bridgehead atoms. The predicted octanol–water partition coefficient (Wildman–Crippen LogP) is 3.42. The molecule has 4 amide bonds. The van der Waals surface area contributed by atoms with Crippen LogP contribution < -0.4 is 5.32 Å². The zero-order chi connectivity index (χ0) is 21.3. The molecule has 1 N–H and O–H groups in total. The van der Waals surface area contributed by atoms with Gasteiger partial charge in [-0.2, -0.15) is 0 Å². The van der Waals surface area contributed by atoms with Gasteiger partial charge in [0.15, 0.2) is 0 Å². The van der Waals surface area contributed by atoms with E-state index in [9.17, 15) is 14.4 Å². The third kappa shape index (κ3) is 4.08. The molecule has 2 atom stereocenters. The lowest BCUT2D eigenvalue weighted by Crippen LogP contribution is -2.46. The molecular weight excluding hydrogens is 378 g/mol. The Balaban J connectivity index is 1.51. The van der Waals surface area contributed by atoms with Crippen molar-refractivity contribution in [2.24, 2.45) is 5.92 Å². The van der Waals surface area contributed by atoms with Crippen molar-refractivity contribution in [3.63, 3.8) is 0 Å². The molecule has 156 valence electrons. The fourth-order valence-corrected chi connectivity index (χ4v) is 4.09. The number of carbonyl (C=O) groups is 3. The number of amides is 4. The summed E-state index contributed by atoms with van der Waals surface area (Å²) in [5, 5.41) is 2.74. The van der Waals surface area contributed by atoms with Gasteiger partial charge in [-0.15, -0.1) is 0 Å². The number of imide groups is 1. The van der Waals surface area contributed by atoms with Gasteiger partial charge in [0, 0.05) is 12.6 Å². The van der Waals surface area contributed by atoms with Crippen LogP contribution in [0.4, 0.5) is 4.79 Å². The van der Waals surface area contributed by atoms with Crippen molar-refractivity contribution < 1.29 is 14.4 Å². The van der Waals surface area contributed by atoms with E-state index in [0.717, 1.165) is 34.4 Å². The first-order valence-electron chi connectivity index (χ1n) is 10.5. The van der Waals surface area contributed by atoms with Crippen molar-refractivity contribution in [3.05, 3.63) is 71.3 Å². The normalized spacial score (nSPS) is 19.5. The molecule has 1 saturated heterocycles. The Hall–Kier alpha value is -3.15. The van der Waals surface area contributed by atoms with Crippen LogP contribution in [0.5, 0.6) is 0 Å². The van der Waals surface area contributed by atoms with E-state index in [0.29, 0.717) is 12.5 Å². The summed E-state index contributed by atoms with van der Waals surface area (Å²) < 4.78 is 0. The maximum absolute atomic E-state index is 13.2. The highest BCUT2D eigenvalue weighted by Crippen LogP contribution is 2.36. The number of carbonyl (C=O) groups excluding carboxylic acids is 3. The van der Waals surface area contributed by atoms with Crippen molar-refractivity contribution in [1.29, 1.82) is 0 Å². The van der Waals surface area contributed by atoms with Gasteiger partial charge in [-0.1, -0.05) is 54.6 Å². The van der Waals surface area contributed by atoms with E-state index in [2.05, 4.69) is 12.2 Å².